The van der Waals surface area contributed by atoms with Gasteiger partial charge in [0.1, 0.15) is 18.8 Å². The Morgan fingerprint density at radius 1 is 1.09 bits per heavy atom. The van der Waals surface area contributed by atoms with E-state index in [1.807, 2.05) is 0 Å². The van der Waals surface area contributed by atoms with Crippen LogP contribution in [0.4, 0.5) is 4.79 Å². The van der Waals surface area contributed by atoms with Crippen LogP contribution >= 0.6 is 0 Å². The molecule has 0 aliphatic rings. The fraction of sp³-hybridized carbons (Fsp3) is 0.692. The van der Waals surface area contributed by atoms with E-state index < -0.39 is 41.9 Å². The van der Waals surface area contributed by atoms with Gasteiger partial charge in [0.25, 0.3) is 0 Å². The van der Waals surface area contributed by atoms with Crippen LogP contribution in [0.2, 0.25) is 0 Å². The van der Waals surface area contributed by atoms with Crippen molar-refractivity contribution in [3.63, 3.8) is 0 Å². The third kappa shape index (κ3) is 8.20. The number of amides is 2. The first kappa shape index (κ1) is 19.8. The highest BCUT2D eigenvalue weighted by atomic mass is 16.6. The maximum absolute atomic E-state index is 11.7. The molecule has 9 nitrogen and oxygen atoms in total. The smallest absolute Gasteiger partial charge is 0.408 e. The standard InChI is InChI=1S/C13H22N2O7/c1-13(2,3)22-12(19)14-6-9(17)15-10(11(18)21-5)8(16)7-20-4/h10H,6-7H2,1-5H3,(H,14,19)(H,15,17). The Morgan fingerprint density at radius 3 is 2.14 bits per heavy atom. The number of rotatable bonds is 7. The van der Waals surface area contributed by atoms with Crippen LogP contribution in [0.3, 0.4) is 0 Å². The van der Waals surface area contributed by atoms with Crippen LogP contribution in [-0.2, 0) is 28.6 Å². The van der Waals surface area contributed by atoms with Gasteiger partial charge in [-0.15, -0.1) is 0 Å². The van der Waals surface area contributed by atoms with Gasteiger partial charge in [0.2, 0.25) is 5.91 Å². The number of Topliss-reactive ketones (excluding diaryl/α,β-unsaturated/α-hetero) is 1. The van der Waals surface area contributed by atoms with Crippen LogP contribution in [0.1, 0.15) is 20.8 Å². The second kappa shape index (κ2) is 8.98. The first-order valence-electron chi connectivity index (χ1n) is 6.46. The van der Waals surface area contributed by atoms with E-state index >= 15 is 0 Å². The van der Waals surface area contributed by atoms with Crippen LogP contribution in [-0.4, -0.2) is 62.8 Å². The van der Waals surface area contributed by atoms with E-state index in [1.165, 1.54) is 7.11 Å². The van der Waals surface area contributed by atoms with Gasteiger partial charge in [-0.2, -0.15) is 0 Å². The third-order valence-electron chi connectivity index (χ3n) is 2.14. The molecule has 2 amide bonds. The Kier molecular flexibility index (Phi) is 8.10. The van der Waals surface area contributed by atoms with Gasteiger partial charge in [-0.25, -0.2) is 9.59 Å². The number of ether oxygens (including phenoxy) is 3. The summed E-state index contributed by atoms with van der Waals surface area (Å²) in [5.74, 6) is -2.33. The Hall–Kier alpha value is -2.16. The summed E-state index contributed by atoms with van der Waals surface area (Å²) < 4.78 is 14.0. The molecule has 0 aromatic rings. The topological polar surface area (TPSA) is 120 Å². The largest absolute Gasteiger partial charge is 0.467 e. The zero-order chi connectivity index (χ0) is 17.3. The minimum Gasteiger partial charge on any atom is -0.467 e. The number of alkyl carbamates (subject to hydrolysis) is 1. The minimum absolute atomic E-state index is 0.362. The van der Waals surface area contributed by atoms with Gasteiger partial charge in [0.05, 0.1) is 7.11 Å². The first-order chi connectivity index (χ1) is 10.1. The predicted molar refractivity (Wildman–Crippen MR) is 75.1 cm³/mol. The van der Waals surface area contributed by atoms with Gasteiger partial charge in [-0.05, 0) is 20.8 Å². The van der Waals surface area contributed by atoms with Crippen LogP contribution < -0.4 is 10.6 Å². The lowest BCUT2D eigenvalue weighted by molar-refractivity contribution is -0.149. The Morgan fingerprint density at radius 2 is 1.68 bits per heavy atom. The lowest BCUT2D eigenvalue weighted by atomic mass is 10.2. The van der Waals surface area contributed by atoms with E-state index in [9.17, 15) is 19.2 Å². The molecule has 126 valence electrons. The van der Waals surface area contributed by atoms with Gasteiger partial charge < -0.3 is 24.8 Å². The molecule has 0 bridgehead atoms. The van der Waals surface area contributed by atoms with Crippen LogP contribution in [0.5, 0.6) is 0 Å². The minimum atomic E-state index is -1.49. The normalized spacial score (nSPS) is 12.0. The fourth-order valence-electron chi connectivity index (χ4n) is 1.29. The number of nitrogens with one attached hydrogen (secondary N) is 2. The number of methoxy groups -OCH3 is 2. The summed E-state index contributed by atoms with van der Waals surface area (Å²) in [6, 6.07) is -1.49. The highest BCUT2D eigenvalue weighted by Crippen LogP contribution is 2.06. The zero-order valence-electron chi connectivity index (χ0n) is 13.3. The molecule has 0 rings (SSSR count). The molecule has 22 heavy (non-hydrogen) atoms. The Labute approximate surface area is 128 Å². The van der Waals surface area contributed by atoms with Crippen molar-refractivity contribution in [3.05, 3.63) is 0 Å². The van der Waals surface area contributed by atoms with E-state index in [1.54, 1.807) is 20.8 Å². The summed E-state index contributed by atoms with van der Waals surface area (Å²) in [6.07, 6.45) is -0.791. The van der Waals surface area contributed by atoms with Crippen LogP contribution in [0.15, 0.2) is 0 Å². The quantitative estimate of drug-likeness (QED) is 0.474. The molecule has 0 fully saturated rings. The molecule has 0 aliphatic carbocycles. The van der Waals surface area contributed by atoms with Crippen molar-refractivity contribution < 1.29 is 33.4 Å². The van der Waals surface area contributed by atoms with Gasteiger partial charge >= 0.3 is 12.1 Å². The summed E-state index contributed by atoms with van der Waals surface area (Å²) >= 11 is 0. The molecule has 1 unspecified atom stereocenters. The second-order valence-electron chi connectivity index (χ2n) is 5.28. The molecule has 0 radical (unpaired) electrons. The van der Waals surface area contributed by atoms with Crippen molar-refractivity contribution in [2.45, 2.75) is 32.4 Å². The van der Waals surface area contributed by atoms with Crippen molar-refractivity contribution in [3.8, 4) is 0 Å². The molecule has 0 heterocycles. The van der Waals surface area contributed by atoms with E-state index in [4.69, 9.17) is 4.74 Å². The molecule has 9 heteroatoms. The van der Waals surface area contributed by atoms with Crippen LogP contribution in [0, 0.1) is 0 Å². The molecule has 0 aromatic carbocycles. The van der Waals surface area contributed by atoms with E-state index in [2.05, 4.69) is 20.1 Å². The third-order valence-corrected chi connectivity index (χ3v) is 2.14. The Bertz CT molecular complexity index is 429. The van der Waals surface area contributed by atoms with E-state index in [-0.39, 0.29) is 6.61 Å². The van der Waals surface area contributed by atoms with E-state index in [0.717, 1.165) is 7.11 Å². The molecule has 0 aromatic heterocycles. The maximum Gasteiger partial charge on any atom is 0.408 e. The summed E-state index contributed by atoms with van der Waals surface area (Å²) in [4.78, 5) is 46.2. The van der Waals surface area contributed by atoms with E-state index in [0.29, 0.717) is 0 Å². The number of hydrogen-bond donors (Lipinski definition) is 2. The van der Waals surface area contributed by atoms with Gasteiger partial charge in [0.15, 0.2) is 11.8 Å². The molecule has 0 saturated heterocycles. The fourth-order valence-corrected chi connectivity index (χ4v) is 1.29. The highest BCUT2D eigenvalue weighted by molar-refractivity contribution is 6.06. The predicted octanol–water partition coefficient (Wildman–Crippen LogP) is -0.616. The van der Waals surface area contributed by atoms with Gasteiger partial charge in [0, 0.05) is 7.11 Å². The number of carbonyl (C=O) groups is 4. The van der Waals surface area contributed by atoms with Crippen molar-refractivity contribution in [1.29, 1.82) is 0 Å². The van der Waals surface area contributed by atoms with Crippen molar-refractivity contribution >= 4 is 23.8 Å². The number of hydrogen-bond acceptors (Lipinski definition) is 7. The lowest BCUT2D eigenvalue weighted by Gasteiger charge is -2.20. The lowest BCUT2D eigenvalue weighted by Crippen LogP contribution is -2.51. The number of ketones is 1. The first-order valence-corrected chi connectivity index (χ1v) is 6.46. The van der Waals surface area contributed by atoms with Crippen LogP contribution in [0.25, 0.3) is 0 Å². The van der Waals surface area contributed by atoms with Crippen molar-refractivity contribution in [2.75, 3.05) is 27.4 Å². The molecule has 0 spiro atoms. The Balaban J connectivity index is 4.49. The average Bonchev–Trinajstić information content (AvgIpc) is 2.40. The molecular weight excluding hydrogens is 296 g/mol. The molecule has 2 N–H and O–H groups in total. The maximum atomic E-state index is 11.7. The summed E-state index contributed by atoms with van der Waals surface area (Å²) in [5.41, 5.74) is -0.705. The summed E-state index contributed by atoms with van der Waals surface area (Å²) in [6.45, 7) is 4.19. The monoisotopic (exact) mass is 318 g/mol. The van der Waals surface area contributed by atoms with Gasteiger partial charge in [-0.3, -0.25) is 9.59 Å². The molecule has 0 aliphatic heterocycles. The van der Waals surface area contributed by atoms with Gasteiger partial charge in [-0.1, -0.05) is 0 Å². The molecule has 1 atom stereocenters. The summed E-state index contributed by atoms with van der Waals surface area (Å²) in [5, 5.41) is 4.36. The molecule has 0 saturated carbocycles. The average molecular weight is 318 g/mol. The zero-order valence-corrected chi connectivity index (χ0v) is 13.3. The molecular formula is C13H22N2O7. The second-order valence-corrected chi connectivity index (χ2v) is 5.28. The summed E-state index contributed by atoms with van der Waals surface area (Å²) in [7, 11) is 2.36. The van der Waals surface area contributed by atoms with Crippen molar-refractivity contribution in [1.82, 2.24) is 10.6 Å². The number of carbonyl (C=O) groups excluding carboxylic acids is 4. The SMILES string of the molecule is COCC(=O)C(NC(=O)CNC(=O)OC(C)(C)C)C(=O)OC. The highest BCUT2D eigenvalue weighted by Gasteiger charge is 2.29. The van der Waals surface area contributed by atoms with Crippen molar-refractivity contribution in [2.24, 2.45) is 0 Å². The number of esters is 1.